The molecule has 0 atom stereocenters. The molecule has 1 aromatic heterocycles. The van der Waals surface area contributed by atoms with Crippen LogP contribution in [0, 0.1) is 0 Å². The van der Waals surface area contributed by atoms with E-state index in [9.17, 15) is 0 Å². The normalized spacial score (nSPS) is 11.7. The molecule has 1 aromatic carbocycles. The first-order valence-corrected chi connectivity index (χ1v) is 7.37. The summed E-state index contributed by atoms with van der Waals surface area (Å²) in [6.45, 7) is 0.715. The Morgan fingerprint density at radius 1 is 1.37 bits per heavy atom. The van der Waals surface area contributed by atoms with Crippen LogP contribution >= 0.6 is 23.4 Å². The Balaban J connectivity index is 1.74. The lowest BCUT2D eigenvalue weighted by Crippen LogP contribution is -2.72. The van der Waals surface area contributed by atoms with Crippen LogP contribution in [0.15, 0.2) is 36.8 Å². The molecule has 0 unspecified atom stereocenters. The van der Waals surface area contributed by atoms with Gasteiger partial charge in [-0.2, -0.15) is 0 Å². The first-order valence-electron chi connectivity index (χ1n) is 6.01. The van der Waals surface area contributed by atoms with Gasteiger partial charge in [-0.05, 0) is 29.5 Å². The number of aryl methyl sites for hydroxylation is 1. The predicted molar refractivity (Wildman–Crippen MR) is 78.8 cm³/mol. The molecule has 0 aliphatic rings. The third kappa shape index (κ3) is 4.96. The predicted octanol–water partition coefficient (Wildman–Crippen LogP) is 0.353. The molecule has 1 heterocycles. The first kappa shape index (κ1) is 14.0. The van der Waals surface area contributed by atoms with E-state index in [4.69, 9.17) is 17.3 Å². The molecule has 2 rings (SSSR count). The highest BCUT2D eigenvalue weighted by Crippen LogP contribution is 2.08. The number of aromatic amines is 2. The van der Waals surface area contributed by atoms with Crippen molar-refractivity contribution in [2.75, 3.05) is 5.75 Å². The number of nitrogens with one attached hydrogen (secondary N) is 3. The standard InChI is InChI=1S/C13H15ClN4S/c14-11-3-1-10(2-4-11)7-17-13(15)19-6-5-12-8-16-9-18-12/h1-4,8-9H,5-7H2,(H2,15,17)(H,16,18)/p+2. The van der Waals surface area contributed by atoms with E-state index in [0.29, 0.717) is 6.54 Å². The number of rotatable bonds is 5. The summed E-state index contributed by atoms with van der Waals surface area (Å²) in [6.07, 6.45) is 4.72. The number of imidazole rings is 1. The van der Waals surface area contributed by atoms with Crippen LogP contribution < -0.4 is 15.7 Å². The second kappa shape index (κ2) is 7.21. The number of amidine groups is 1. The SMILES string of the molecule is NC(=[NH+]Cc1ccc(Cl)cc1)SCCc1c[nH+]c[nH]1. The van der Waals surface area contributed by atoms with Gasteiger partial charge in [0.05, 0.1) is 0 Å². The van der Waals surface area contributed by atoms with Crippen molar-refractivity contribution >= 4 is 28.5 Å². The van der Waals surface area contributed by atoms with Gasteiger partial charge in [0.25, 0.3) is 0 Å². The highest BCUT2D eigenvalue weighted by molar-refractivity contribution is 8.13. The Morgan fingerprint density at radius 2 is 2.16 bits per heavy atom. The molecule has 0 aliphatic heterocycles. The van der Waals surface area contributed by atoms with Crippen molar-refractivity contribution in [1.29, 1.82) is 0 Å². The summed E-state index contributed by atoms with van der Waals surface area (Å²) >= 11 is 7.45. The Hall–Kier alpha value is -1.46. The van der Waals surface area contributed by atoms with Gasteiger partial charge in [0.15, 0.2) is 0 Å². The first-order chi connectivity index (χ1) is 9.24. The van der Waals surface area contributed by atoms with Crippen LogP contribution in [0.1, 0.15) is 11.3 Å². The number of nitrogens with two attached hydrogens (primary N) is 1. The van der Waals surface area contributed by atoms with Gasteiger partial charge in [-0.3, -0.25) is 15.7 Å². The minimum Gasteiger partial charge on any atom is -0.282 e. The fourth-order valence-electron chi connectivity index (χ4n) is 1.58. The summed E-state index contributed by atoms with van der Waals surface area (Å²) in [4.78, 5) is 9.31. The van der Waals surface area contributed by atoms with Crippen molar-refractivity contribution in [2.24, 2.45) is 5.73 Å². The minimum absolute atomic E-state index is 0.715. The zero-order chi connectivity index (χ0) is 13.5. The molecule has 100 valence electrons. The van der Waals surface area contributed by atoms with E-state index in [2.05, 4.69) is 15.0 Å². The van der Waals surface area contributed by atoms with Crippen LogP contribution in [0.25, 0.3) is 0 Å². The zero-order valence-electron chi connectivity index (χ0n) is 10.4. The molecule has 4 nitrogen and oxygen atoms in total. The Kier molecular flexibility index (Phi) is 5.30. The topological polar surface area (TPSA) is 69.9 Å². The van der Waals surface area contributed by atoms with Crippen LogP contribution in [0.2, 0.25) is 5.02 Å². The molecule has 0 fully saturated rings. The average molecular weight is 297 g/mol. The second-order valence-electron chi connectivity index (χ2n) is 4.07. The van der Waals surface area contributed by atoms with E-state index in [1.165, 1.54) is 5.69 Å². The van der Waals surface area contributed by atoms with Crippen LogP contribution in [-0.2, 0) is 13.0 Å². The van der Waals surface area contributed by atoms with E-state index < -0.39 is 0 Å². The summed E-state index contributed by atoms with van der Waals surface area (Å²) in [5.74, 6) is 0.938. The lowest BCUT2D eigenvalue weighted by Gasteiger charge is -1.97. The molecule has 0 saturated heterocycles. The van der Waals surface area contributed by atoms with Crippen LogP contribution in [-0.4, -0.2) is 15.9 Å². The van der Waals surface area contributed by atoms with Crippen LogP contribution in [0.5, 0.6) is 0 Å². The van der Waals surface area contributed by atoms with Gasteiger partial charge in [-0.1, -0.05) is 23.7 Å². The van der Waals surface area contributed by atoms with Gasteiger partial charge in [-0.15, -0.1) is 0 Å². The summed E-state index contributed by atoms with van der Waals surface area (Å²) in [6, 6.07) is 7.73. The molecule has 0 radical (unpaired) electrons. The number of H-pyrrole nitrogens is 2. The molecule has 6 heteroatoms. The largest absolute Gasteiger partial charge is 0.302 e. The summed E-state index contributed by atoms with van der Waals surface area (Å²) in [7, 11) is 0. The van der Waals surface area contributed by atoms with Crippen LogP contribution in [0.3, 0.4) is 0 Å². The van der Waals surface area contributed by atoms with E-state index in [0.717, 1.165) is 27.9 Å². The third-order valence-electron chi connectivity index (χ3n) is 2.61. The maximum atomic E-state index is 5.92. The number of hydrogen-bond donors (Lipinski definition) is 3. The quantitative estimate of drug-likeness (QED) is 0.550. The zero-order valence-corrected chi connectivity index (χ0v) is 12.0. The maximum absolute atomic E-state index is 5.92. The molecule has 0 aliphatic carbocycles. The lowest BCUT2D eigenvalue weighted by atomic mass is 10.2. The molecule has 0 amide bonds. The molecular formula is C13H17ClN4S+2. The molecule has 0 bridgehead atoms. The summed E-state index contributed by atoms with van der Waals surface area (Å²) in [5.41, 5.74) is 8.25. The van der Waals surface area contributed by atoms with Gasteiger partial charge in [-0.25, -0.2) is 4.98 Å². The Labute approximate surface area is 121 Å². The van der Waals surface area contributed by atoms with Crippen molar-refractivity contribution in [2.45, 2.75) is 13.0 Å². The van der Waals surface area contributed by atoms with Gasteiger partial charge in [0.1, 0.15) is 18.4 Å². The summed E-state index contributed by atoms with van der Waals surface area (Å²) < 4.78 is 0. The van der Waals surface area contributed by atoms with Gasteiger partial charge >= 0.3 is 5.17 Å². The van der Waals surface area contributed by atoms with Crippen molar-refractivity contribution in [3.63, 3.8) is 0 Å². The smallest absolute Gasteiger partial charge is 0.282 e. The van der Waals surface area contributed by atoms with E-state index in [1.54, 1.807) is 11.8 Å². The fraction of sp³-hybridized carbons (Fsp3) is 0.231. The number of hydrogen-bond acceptors (Lipinski definition) is 1. The number of benzene rings is 1. The van der Waals surface area contributed by atoms with E-state index >= 15 is 0 Å². The highest BCUT2D eigenvalue weighted by atomic mass is 35.5. The maximum Gasteiger partial charge on any atom is 0.302 e. The molecule has 2 aromatic rings. The van der Waals surface area contributed by atoms with Crippen molar-refractivity contribution in [3.05, 3.63) is 53.1 Å². The monoisotopic (exact) mass is 296 g/mol. The van der Waals surface area contributed by atoms with Crippen molar-refractivity contribution in [3.8, 4) is 0 Å². The van der Waals surface area contributed by atoms with Crippen molar-refractivity contribution in [1.82, 2.24) is 4.98 Å². The average Bonchev–Trinajstić information content (AvgIpc) is 2.91. The van der Waals surface area contributed by atoms with Gasteiger partial charge in [0.2, 0.25) is 6.33 Å². The van der Waals surface area contributed by atoms with Crippen LogP contribution in [0.4, 0.5) is 0 Å². The molecule has 5 N–H and O–H groups in total. The lowest BCUT2D eigenvalue weighted by molar-refractivity contribution is -0.473. The number of aromatic nitrogens is 2. The van der Waals surface area contributed by atoms with E-state index in [-0.39, 0.29) is 0 Å². The Morgan fingerprint density at radius 3 is 2.84 bits per heavy atom. The van der Waals surface area contributed by atoms with Gasteiger partial charge < -0.3 is 0 Å². The van der Waals surface area contributed by atoms with Gasteiger partial charge in [0, 0.05) is 17.2 Å². The fourth-order valence-corrected chi connectivity index (χ4v) is 2.42. The molecule has 0 saturated carbocycles. The third-order valence-corrected chi connectivity index (χ3v) is 3.72. The Bertz CT molecular complexity index is 522. The number of halogens is 1. The van der Waals surface area contributed by atoms with E-state index in [1.807, 2.05) is 36.8 Å². The van der Waals surface area contributed by atoms with Crippen molar-refractivity contribution < 1.29 is 9.98 Å². The second-order valence-corrected chi connectivity index (χ2v) is 5.64. The molecular weight excluding hydrogens is 280 g/mol. The number of thioether (sulfide) groups is 1. The highest BCUT2D eigenvalue weighted by Gasteiger charge is 2.04. The minimum atomic E-state index is 0.715. The summed E-state index contributed by atoms with van der Waals surface area (Å²) in [5, 5.41) is 1.49. The molecule has 0 spiro atoms. The molecule has 19 heavy (non-hydrogen) atoms.